The minimum atomic E-state index is -4.36. The van der Waals surface area contributed by atoms with E-state index in [0.717, 1.165) is 18.6 Å². The lowest BCUT2D eigenvalue weighted by atomic mass is 10.0. The zero-order valence-electron chi connectivity index (χ0n) is 13.1. The summed E-state index contributed by atoms with van der Waals surface area (Å²) in [5.41, 5.74) is -0.127. The Hall–Kier alpha value is -1.72. The van der Waals surface area contributed by atoms with E-state index in [9.17, 15) is 18.0 Å². The first-order valence-corrected chi connectivity index (χ1v) is 7.39. The van der Waals surface area contributed by atoms with Crippen molar-refractivity contribution in [2.45, 2.75) is 45.8 Å². The van der Waals surface area contributed by atoms with Gasteiger partial charge in [0, 0.05) is 12.6 Å². The lowest BCUT2D eigenvalue weighted by Crippen LogP contribution is -2.40. The first-order valence-electron chi connectivity index (χ1n) is 7.39. The van der Waals surface area contributed by atoms with Crippen LogP contribution in [0.15, 0.2) is 24.3 Å². The first-order chi connectivity index (χ1) is 10.3. The Morgan fingerprint density at radius 1 is 1.32 bits per heavy atom. The molecule has 0 aromatic heterocycles. The Kier molecular flexibility index (Phi) is 6.71. The molecule has 0 saturated heterocycles. The smallest absolute Gasteiger partial charge is 0.416 e. The third-order valence-corrected chi connectivity index (χ3v) is 3.32. The number of rotatable bonds is 6. The van der Waals surface area contributed by atoms with Crippen LogP contribution < -0.4 is 0 Å². The van der Waals surface area contributed by atoms with Crippen molar-refractivity contribution in [2.24, 2.45) is 0 Å². The van der Waals surface area contributed by atoms with Crippen LogP contribution in [-0.2, 0) is 17.3 Å². The first kappa shape index (κ1) is 18.3. The molecule has 1 atom stereocenters. The van der Waals surface area contributed by atoms with Crippen molar-refractivity contribution in [1.29, 1.82) is 0 Å². The summed E-state index contributed by atoms with van der Waals surface area (Å²) in [4.78, 5) is 13.4. The molecule has 0 saturated carbocycles. The minimum absolute atomic E-state index is 0.238. The van der Waals surface area contributed by atoms with E-state index in [1.807, 2.05) is 13.8 Å². The van der Waals surface area contributed by atoms with Crippen molar-refractivity contribution in [1.82, 2.24) is 4.90 Å². The van der Waals surface area contributed by atoms with Crippen LogP contribution in [0.25, 0.3) is 0 Å². The molecule has 0 N–H and O–H groups in total. The number of carbonyl (C=O) groups is 1. The highest BCUT2D eigenvalue weighted by Gasteiger charge is 2.30. The fourth-order valence-electron chi connectivity index (χ4n) is 2.22. The van der Waals surface area contributed by atoms with Crippen LogP contribution in [-0.4, -0.2) is 30.2 Å². The van der Waals surface area contributed by atoms with E-state index in [1.54, 1.807) is 13.0 Å². The molecule has 1 aromatic carbocycles. The summed E-state index contributed by atoms with van der Waals surface area (Å²) >= 11 is 0. The number of carbonyl (C=O) groups excluding carboxylic acids is 1. The van der Waals surface area contributed by atoms with Crippen LogP contribution in [0, 0.1) is 0 Å². The number of ether oxygens (including phenoxy) is 1. The molecular formula is C16H22F3NO2. The topological polar surface area (TPSA) is 29.5 Å². The third kappa shape index (κ3) is 5.24. The molecule has 3 nitrogen and oxygen atoms in total. The Morgan fingerprint density at radius 2 is 2.00 bits per heavy atom. The van der Waals surface area contributed by atoms with Crippen molar-refractivity contribution >= 4 is 6.09 Å². The van der Waals surface area contributed by atoms with Gasteiger partial charge in [-0.05, 0) is 38.3 Å². The maximum absolute atomic E-state index is 12.7. The van der Waals surface area contributed by atoms with Crippen molar-refractivity contribution in [3.63, 3.8) is 0 Å². The predicted molar refractivity (Wildman–Crippen MR) is 78.6 cm³/mol. The molecule has 0 aliphatic rings. The second kappa shape index (κ2) is 8.06. The summed E-state index contributed by atoms with van der Waals surface area (Å²) in [6.07, 6.45) is -3.71. The van der Waals surface area contributed by atoms with E-state index < -0.39 is 17.8 Å². The van der Waals surface area contributed by atoms with Crippen molar-refractivity contribution in [3.05, 3.63) is 35.4 Å². The molecule has 0 radical (unpaired) electrons. The fraction of sp³-hybridized carbons (Fsp3) is 0.562. The molecule has 1 aromatic rings. The highest BCUT2D eigenvalue weighted by molar-refractivity contribution is 5.68. The van der Waals surface area contributed by atoms with Crippen LogP contribution in [0.1, 0.15) is 38.3 Å². The normalized spacial score (nSPS) is 12.8. The number of likely N-dealkylation sites (N-methyl/N-ethyl adjacent to an activating group) is 1. The monoisotopic (exact) mass is 317 g/mol. The molecule has 1 unspecified atom stereocenters. The number of alkyl halides is 3. The molecule has 1 amide bonds. The van der Waals surface area contributed by atoms with Gasteiger partial charge in [0.25, 0.3) is 0 Å². The van der Waals surface area contributed by atoms with Crippen LogP contribution in [0.4, 0.5) is 18.0 Å². The van der Waals surface area contributed by atoms with E-state index >= 15 is 0 Å². The lowest BCUT2D eigenvalue weighted by molar-refractivity contribution is -0.137. The summed E-state index contributed by atoms with van der Waals surface area (Å²) in [6.45, 7) is 6.30. The highest BCUT2D eigenvalue weighted by atomic mass is 19.4. The number of nitrogens with zero attached hydrogens (tertiary/aromatic N) is 1. The molecule has 124 valence electrons. The fourth-order valence-corrected chi connectivity index (χ4v) is 2.22. The lowest BCUT2D eigenvalue weighted by Gasteiger charge is -2.27. The van der Waals surface area contributed by atoms with E-state index in [1.165, 1.54) is 11.0 Å². The highest BCUT2D eigenvalue weighted by Crippen LogP contribution is 2.29. The average Bonchev–Trinajstić information content (AvgIpc) is 2.45. The zero-order valence-corrected chi connectivity index (χ0v) is 13.1. The second-order valence-electron chi connectivity index (χ2n) is 5.15. The molecule has 22 heavy (non-hydrogen) atoms. The molecule has 6 heteroatoms. The number of hydrogen-bond acceptors (Lipinski definition) is 2. The predicted octanol–water partition coefficient (Wildman–Crippen LogP) is 4.50. The van der Waals surface area contributed by atoms with E-state index in [4.69, 9.17) is 4.74 Å². The third-order valence-electron chi connectivity index (χ3n) is 3.32. The Morgan fingerprint density at radius 3 is 2.55 bits per heavy atom. The largest absolute Gasteiger partial charge is 0.449 e. The van der Waals surface area contributed by atoms with Gasteiger partial charge in [-0.1, -0.05) is 25.1 Å². The van der Waals surface area contributed by atoms with Gasteiger partial charge in [-0.15, -0.1) is 0 Å². The molecule has 0 fully saturated rings. The SMILES string of the molecule is CCCOC(=O)N(CC)C(C)Cc1cccc(C(F)(F)F)c1. The number of halogens is 3. The summed E-state index contributed by atoms with van der Waals surface area (Å²) in [5.74, 6) is 0. The maximum Gasteiger partial charge on any atom is 0.416 e. The number of amides is 1. The van der Waals surface area contributed by atoms with Gasteiger partial charge in [0.15, 0.2) is 0 Å². The van der Waals surface area contributed by atoms with Gasteiger partial charge in [-0.3, -0.25) is 0 Å². The van der Waals surface area contributed by atoms with Gasteiger partial charge in [-0.2, -0.15) is 13.2 Å². The Bertz CT molecular complexity index is 489. The van der Waals surface area contributed by atoms with Gasteiger partial charge in [0.2, 0.25) is 0 Å². The average molecular weight is 317 g/mol. The van der Waals surface area contributed by atoms with Gasteiger partial charge in [0.1, 0.15) is 0 Å². The van der Waals surface area contributed by atoms with E-state index in [2.05, 4.69) is 0 Å². The van der Waals surface area contributed by atoms with Crippen LogP contribution in [0.3, 0.4) is 0 Å². The number of hydrogen-bond donors (Lipinski definition) is 0. The molecular weight excluding hydrogens is 295 g/mol. The number of benzene rings is 1. The van der Waals surface area contributed by atoms with Crippen molar-refractivity contribution in [3.8, 4) is 0 Å². The van der Waals surface area contributed by atoms with Crippen molar-refractivity contribution < 1.29 is 22.7 Å². The molecule has 0 bridgehead atoms. The van der Waals surface area contributed by atoms with Gasteiger partial charge < -0.3 is 9.64 Å². The summed E-state index contributed by atoms with van der Waals surface area (Å²) < 4.78 is 43.2. The minimum Gasteiger partial charge on any atom is -0.449 e. The van der Waals surface area contributed by atoms with E-state index in [-0.39, 0.29) is 6.04 Å². The molecule has 0 aliphatic carbocycles. The molecule has 0 heterocycles. The summed E-state index contributed by atoms with van der Waals surface area (Å²) in [6, 6.07) is 4.95. The van der Waals surface area contributed by atoms with Crippen LogP contribution in [0.5, 0.6) is 0 Å². The quantitative estimate of drug-likeness (QED) is 0.773. The summed E-state index contributed by atoms with van der Waals surface area (Å²) in [7, 11) is 0. The van der Waals surface area contributed by atoms with Gasteiger partial charge >= 0.3 is 12.3 Å². The standard InChI is InChI=1S/C16H22F3NO2/c1-4-9-22-15(21)20(5-2)12(3)10-13-7-6-8-14(11-13)16(17,18)19/h6-8,11-12H,4-5,9-10H2,1-3H3. The van der Waals surface area contributed by atoms with Gasteiger partial charge in [-0.25, -0.2) is 4.79 Å². The summed E-state index contributed by atoms with van der Waals surface area (Å²) in [5, 5.41) is 0. The Balaban J connectivity index is 2.78. The second-order valence-corrected chi connectivity index (χ2v) is 5.15. The van der Waals surface area contributed by atoms with Gasteiger partial charge in [0.05, 0.1) is 12.2 Å². The van der Waals surface area contributed by atoms with E-state index in [0.29, 0.717) is 25.1 Å². The molecule has 0 spiro atoms. The molecule has 0 aliphatic heterocycles. The molecule has 1 rings (SSSR count). The maximum atomic E-state index is 12.7. The van der Waals surface area contributed by atoms with Crippen LogP contribution >= 0.6 is 0 Å². The zero-order chi connectivity index (χ0) is 16.8. The Labute approximate surface area is 129 Å². The van der Waals surface area contributed by atoms with Crippen LogP contribution in [0.2, 0.25) is 0 Å². The van der Waals surface area contributed by atoms with Crippen molar-refractivity contribution in [2.75, 3.05) is 13.2 Å².